The number of rotatable bonds is 5. The van der Waals surface area contributed by atoms with Crippen molar-refractivity contribution in [3.8, 4) is 34.2 Å². The van der Waals surface area contributed by atoms with Gasteiger partial charge >= 0.3 is 5.69 Å². The Labute approximate surface area is 139 Å². The van der Waals surface area contributed by atoms with E-state index in [9.17, 15) is 4.79 Å². The zero-order valence-corrected chi connectivity index (χ0v) is 13.7. The largest absolute Gasteiger partial charge is 0.493 e. The van der Waals surface area contributed by atoms with E-state index >= 15 is 0 Å². The number of methoxy groups -OCH3 is 3. The van der Waals surface area contributed by atoms with Crippen LogP contribution in [0, 0.1) is 0 Å². The van der Waals surface area contributed by atoms with Crippen molar-refractivity contribution in [2.24, 2.45) is 0 Å². The number of imidazole rings is 1. The number of nitrogens with zero attached hydrogens (tertiary/aromatic N) is 1. The molecule has 0 saturated carbocycles. The van der Waals surface area contributed by atoms with Crippen molar-refractivity contribution in [3.63, 3.8) is 0 Å². The molecule has 3 aromatic rings. The van der Waals surface area contributed by atoms with Crippen LogP contribution in [-0.2, 0) is 0 Å². The summed E-state index contributed by atoms with van der Waals surface area (Å²) in [7, 11) is 4.66. The van der Waals surface area contributed by atoms with Crippen molar-refractivity contribution in [2.45, 2.75) is 0 Å². The molecule has 3 rings (SSSR count). The van der Waals surface area contributed by atoms with Crippen molar-refractivity contribution >= 4 is 0 Å². The summed E-state index contributed by atoms with van der Waals surface area (Å²) in [5.41, 5.74) is 1.99. The molecule has 1 heterocycles. The second kappa shape index (κ2) is 6.54. The van der Waals surface area contributed by atoms with E-state index in [4.69, 9.17) is 14.2 Å². The molecule has 1 aromatic heterocycles. The van der Waals surface area contributed by atoms with Crippen LogP contribution in [0.4, 0.5) is 0 Å². The van der Waals surface area contributed by atoms with Gasteiger partial charge in [-0.25, -0.2) is 4.79 Å². The average Bonchev–Trinajstić information content (AvgIpc) is 3.02. The minimum absolute atomic E-state index is 0.218. The van der Waals surface area contributed by atoms with Gasteiger partial charge in [0.15, 0.2) is 11.5 Å². The van der Waals surface area contributed by atoms with E-state index in [1.54, 1.807) is 44.2 Å². The lowest BCUT2D eigenvalue weighted by Crippen LogP contribution is -2.13. The predicted octanol–water partition coefficient (Wildman–Crippen LogP) is 2.86. The third-order valence-corrected chi connectivity index (χ3v) is 3.73. The van der Waals surface area contributed by atoms with Crippen LogP contribution in [0.3, 0.4) is 0 Å². The van der Waals surface area contributed by atoms with Gasteiger partial charge in [-0.1, -0.05) is 18.2 Å². The fourth-order valence-electron chi connectivity index (χ4n) is 2.56. The molecule has 0 unspecified atom stereocenters. The van der Waals surface area contributed by atoms with Gasteiger partial charge < -0.3 is 19.2 Å². The highest BCUT2D eigenvalue weighted by molar-refractivity contribution is 5.68. The lowest BCUT2D eigenvalue weighted by molar-refractivity contribution is 0.324. The molecule has 0 bridgehead atoms. The summed E-state index contributed by atoms with van der Waals surface area (Å²) in [6.45, 7) is 0. The fraction of sp³-hybridized carbons (Fsp3) is 0.167. The summed E-state index contributed by atoms with van der Waals surface area (Å²) >= 11 is 0. The van der Waals surface area contributed by atoms with Gasteiger partial charge in [0.25, 0.3) is 0 Å². The van der Waals surface area contributed by atoms with Crippen LogP contribution in [0.15, 0.2) is 53.5 Å². The number of hydrogen-bond donors (Lipinski definition) is 1. The fourth-order valence-corrected chi connectivity index (χ4v) is 2.56. The van der Waals surface area contributed by atoms with Gasteiger partial charge in [-0.2, -0.15) is 0 Å². The molecular weight excluding hydrogens is 308 g/mol. The van der Waals surface area contributed by atoms with Crippen molar-refractivity contribution in [2.75, 3.05) is 21.3 Å². The normalized spacial score (nSPS) is 10.5. The van der Waals surface area contributed by atoms with E-state index in [-0.39, 0.29) is 5.69 Å². The minimum Gasteiger partial charge on any atom is -0.493 e. The Hall–Kier alpha value is -3.15. The maximum absolute atomic E-state index is 12.3. The van der Waals surface area contributed by atoms with Crippen LogP contribution in [0.2, 0.25) is 0 Å². The predicted molar refractivity (Wildman–Crippen MR) is 91.5 cm³/mol. The maximum Gasteiger partial charge on any atom is 0.330 e. The van der Waals surface area contributed by atoms with Gasteiger partial charge in [-0.3, -0.25) is 4.57 Å². The van der Waals surface area contributed by atoms with E-state index in [0.717, 1.165) is 11.3 Å². The molecule has 124 valence electrons. The number of para-hydroxylation sites is 1. The summed E-state index contributed by atoms with van der Waals surface area (Å²) in [4.78, 5) is 15.1. The first-order valence-electron chi connectivity index (χ1n) is 7.35. The lowest BCUT2D eigenvalue weighted by Gasteiger charge is -2.13. The van der Waals surface area contributed by atoms with E-state index in [1.165, 1.54) is 0 Å². The van der Waals surface area contributed by atoms with Gasteiger partial charge in [0, 0.05) is 11.8 Å². The van der Waals surface area contributed by atoms with Crippen LogP contribution in [0.1, 0.15) is 0 Å². The van der Waals surface area contributed by atoms with Crippen molar-refractivity contribution in [1.29, 1.82) is 0 Å². The summed E-state index contributed by atoms with van der Waals surface area (Å²) in [5.74, 6) is 1.56. The number of nitrogens with one attached hydrogen (secondary N) is 1. The molecule has 0 aliphatic carbocycles. The second-order valence-corrected chi connectivity index (χ2v) is 5.09. The first kappa shape index (κ1) is 15.7. The van der Waals surface area contributed by atoms with Crippen LogP contribution in [0.25, 0.3) is 16.9 Å². The maximum atomic E-state index is 12.3. The zero-order valence-electron chi connectivity index (χ0n) is 13.7. The highest BCUT2D eigenvalue weighted by atomic mass is 16.5. The molecule has 6 heteroatoms. The number of benzene rings is 2. The molecule has 6 nitrogen and oxygen atoms in total. The van der Waals surface area contributed by atoms with Crippen LogP contribution >= 0.6 is 0 Å². The molecule has 0 saturated heterocycles. The Morgan fingerprint density at radius 1 is 0.917 bits per heavy atom. The Kier molecular flexibility index (Phi) is 4.29. The summed E-state index contributed by atoms with van der Waals surface area (Å²) < 4.78 is 17.6. The summed E-state index contributed by atoms with van der Waals surface area (Å²) in [5, 5.41) is 0. The molecule has 0 atom stereocenters. The van der Waals surface area contributed by atoms with E-state index in [1.807, 2.05) is 30.3 Å². The molecule has 0 amide bonds. The molecule has 1 N–H and O–H groups in total. The highest BCUT2D eigenvalue weighted by Gasteiger charge is 2.16. The van der Waals surface area contributed by atoms with Crippen LogP contribution in [0.5, 0.6) is 17.2 Å². The average molecular weight is 326 g/mol. The van der Waals surface area contributed by atoms with Gasteiger partial charge in [0.2, 0.25) is 5.75 Å². The summed E-state index contributed by atoms with van der Waals surface area (Å²) in [6, 6.07) is 13.0. The van der Waals surface area contributed by atoms with Crippen molar-refractivity contribution in [3.05, 3.63) is 59.1 Å². The quantitative estimate of drug-likeness (QED) is 0.783. The second-order valence-electron chi connectivity index (χ2n) is 5.09. The monoisotopic (exact) mass is 326 g/mol. The van der Waals surface area contributed by atoms with Crippen molar-refractivity contribution in [1.82, 2.24) is 9.55 Å². The van der Waals surface area contributed by atoms with E-state index < -0.39 is 0 Å². The van der Waals surface area contributed by atoms with Gasteiger partial charge in [0.1, 0.15) is 0 Å². The Balaban J connectivity index is 2.12. The highest BCUT2D eigenvalue weighted by Crippen LogP contribution is 2.40. The number of hydrogen-bond acceptors (Lipinski definition) is 4. The first-order chi connectivity index (χ1) is 11.7. The summed E-state index contributed by atoms with van der Waals surface area (Å²) in [6.07, 6.45) is 1.75. The van der Waals surface area contributed by atoms with Crippen LogP contribution < -0.4 is 19.9 Å². The number of aromatic nitrogens is 2. The molecule has 24 heavy (non-hydrogen) atoms. The third-order valence-electron chi connectivity index (χ3n) is 3.73. The van der Waals surface area contributed by atoms with E-state index in [2.05, 4.69) is 4.98 Å². The lowest BCUT2D eigenvalue weighted by atomic mass is 10.1. The molecule has 0 fully saturated rings. The zero-order chi connectivity index (χ0) is 17.1. The molecule has 2 aromatic carbocycles. The number of aromatic amines is 1. The van der Waals surface area contributed by atoms with E-state index in [0.29, 0.717) is 22.9 Å². The third kappa shape index (κ3) is 2.74. The first-order valence-corrected chi connectivity index (χ1v) is 7.35. The Bertz CT molecular complexity index is 872. The SMILES string of the molecule is COc1cc(-c2cn(-c3ccccc3)c(=O)[nH]2)cc(OC)c1OC. The topological polar surface area (TPSA) is 65.5 Å². The smallest absolute Gasteiger partial charge is 0.330 e. The van der Waals surface area contributed by atoms with Gasteiger partial charge in [0.05, 0.1) is 32.7 Å². The molecule has 0 spiro atoms. The van der Waals surface area contributed by atoms with Gasteiger partial charge in [-0.15, -0.1) is 0 Å². The minimum atomic E-state index is -0.218. The Morgan fingerprint density at radius 3 is 2.08 bits per heavy atom. The molecule has 0 radical (unpaired) electrons. The van der Waals surface area contributed by atoms with Crippen molar-refractivity contribution < 1.29 is 14.2 Å². The standard InChI is InChI=1S/C18H18N2O4/c1-22-15-9-12(10-16(23-2)17(15)24-3)14-11-20(18(21)19-14)13-7-5-4-6-8-13/h4-11H,1-3H3,(H,19,21). The van der Waals surface area contributed by atoms with Gasteiger partial charge in [-0.05, 0) is 24.3 Å². The molecule has 0 aliphatic rings. The number of ether oxygens (including phenoxy) is 3. The molecule has 0 aliphatic heterocycles. The molecular formula is C18H18N2O4. The number of H-pyrrole nitrogens is 1. The Morgan fingerprint density at radius 2 is 1.54 bits per heavy atom. The van der Waals surface area contributed by atoms with Crippen LogP contribution in [-0.4, -0.2) is 30.9 Å².